The first-order chi connectivity index (χ1) is 9.92. The van der Waals surface area contributed by atoms with Crippen LogP contribution in [0.1, 0.15) is 20.9 Å². The summed E-state index contributed by atoms with van der Waals surface area (Å²) in [6, 6.07) is 9.55. The lowest BCUT2D eigenvalue weighted by molar-refractivity contribution is 0.285. The summed E-state index contributed by atoms with van der Waals surface area (Å²) in [6.45, 7) is 3.98. The first kappa shape index (κ1) is 16.2. The average molecular weight is 325 g/mol. The molecule has 0 radical (unpaired) electrons. The van der Waals surface area contributed by atoms with Crippen molar-refractivity contribution in [2.24, 2.45) is 0 Å². The molecule has 6 heteroatoms. The molecule has 0 atom stereocenters. The zero-order valence-electron chi connectivity index (χ0n) is 12.1. The highest BCUT2D eigenvalue weighted by atomic mass is 32.2. The van der Waals surface area contributed by atoms with E-state index >= 15 is 0 Å². The minimum Gasteiger partial charge on any atom is -0.391 e. The standard InChI is InChI=1S/C15H19NO3S2/c1-11-4-3-5-13(8-11)6-7-16-21(18,19)15-9-14(10-17)20-12(15)2/h3-5,8-9,16-17H,6-7,10H2,1-2H3. The number of nitrogens with one attached hydrogen (secondary N) is 1. The molecule has 1 aromatic carbocycles. The van der Waals surface area contributed by atoms with Gasteiger partial charge in [-0.05, 0) is 31.9 Å². The van der Waals surface area contributed by atoms with Gasteiger partial charge in [0.15, 0.2) is 0 Å². The highest BCUT2D eigenvalue weighted by Gasteiger charge is 2.19. The van der Waals surface area contributed by atoms with Crippen molar-refractivity contribution < 1.29 is 13.5 Å². The summed E-state index contributed by atoms with van der Waals surface area (Å²) < 4.78 is 27.1. The summed E-state index contributed by atoms with van der Waals surface area (Å²) in [5.74, 6) is 0. The Kier molecular flexibility index (Phi) is 5.16. The van der Waals surface area contributed by atoms with E-state index in [4.69, 9.17) is 5.11 Å². The van der Waals surface area contributed by atoms with Crippen molar-refractivity contribution in [3.05, 3.63) is 51.2 Å². The van der Waals surface area contributed by atoms with E-state index in [1.807, 2.05) is 31.2 Å². The molecule has 0 saturated heterocycles. The Balaban J connectivity index is 2.03. The van der Waals surface area contributed by atoms with Gasteiger partial charge >= 0.3 is 0 Å². The number of rotatable bonds is 6. The van der Waals surface area contributed by atoms with Gasteiger partial charge in [0, 0.05) is 16.3 Å². The van der Waals surface area contributed by atoms with Gasteiger partial charge in [0.1, 0.15) is 0 Å². The molecule has 2 aromatic rings. The van der Waals surface area contributed by atoms with Gasteiger partial charge in [-0.2, -0.15) is 0 Å². The maximum Gasteiger partial charge on any atom is 0.241 e. The van der Waals surface area contributed by atoms with Crippen molar-refractivity contribution in [1.29, 1.82) is 0 Å². The molecular formula is C15H19NO3S2. The van der Waals surface area contributed by atoms with Crippen LogP contribution >= 0.6 is 11.3 Å². The summed E-state index contributed by atoms with van der Waals surface area (Å²) in [4.78, 5) is 1.62. The number of hydrogen-bond acceptors (Lipinski definition) is 4. The average Bonchev–Trinajstić information content (AvgIpc) is 2.81. The molecule has 0 saturated carbocycles. The summed E-state index contributed by atoms with van der Waals surface area (Å²) in [7, 11) is -3.51. The Morgan fingerprint density at radius 3 is 2.62 bits per heavy atom. The number of hydrogen-bond donors (Lipinski definition) is 2. The summed E-state index contributed by atoms with van der Waals surface area (Å²) in [5.41, 5.74) is 2.27. The molecule has 21 heavy (non-hydrogen) atoms. The van der Waals surface area contributed by atoms with Crippen molar-refractivity contribution in [2.75, 3.05) is 6.54 Å². The number of aryl methyl sites for hydroxylation is 2. The van der Waals surface area contributed by atoms with E-state index in [1.54, 1.807) is 6.92 Å². The van der Waals surface area contributed by atoms with E-state index in [9.17, 15) is 8.42 Å². The topological polar surface area (TPSA) is 66.4 Å². The summed E-state index contributed by atoms with van der Waals surface area (Å²) >= 11 is 1.30. The third-order valence-electron chi connectivity index (χ3n) is 3.16. The Morgan fingerprint density at radius 2 is 2.00 bits per heavy atom. The SMILES string of the molecule is Cc1cccc(CCNS(=O)(=O)c2cc(CO)sc2C)c1. The van der Waals surface area contributed by atoms with Crippen LogP contribution in [0, 0.1) is 13.8 Å². The lowest BCUT2D eigenvalue weighted by Crippen LogP contribution is -2.26. The fraction of sp³-hybridized carbons (Fsp3) is 0.333. The molecule has 0 bridgehead atoms. The van der Waals surface area contributed by atoms with Crippen LogP contribution in [0.5, 0.6) is 0 Å². The van der Waals surface area contributed by atoms with Crippen LogP contribution in [0.4, 0.5) is 0 Å². The van der Waals surface area contributed by atoms with E-state index in [-0.39, 0.29) is 11.5 Å². The fourth-order valence-corrected chi connectivity index (χ4v) is 4.67. The van der Waals surface area contributed by atoms with Crippen LogP contribution in [-0.4, -0.2) is 20.1 Å². The molecule has 0 spiro atoms. The van der Waals surface area contributed by atoms with Crippen LogP contribution in [0.2, 0.25) is 0 Å². The Morgan fingerprint density at radius 1 is 1.24 bits per heavy atom. The summed E-state index contributed by atoms with van der Waals surface area (Å²) in [6.07, 6.45) is 0.650. The molecule has 0 aliphatic carbocycles. The normalized spacial score (nSPS) is 11.8. The summed E-state index contributed by atoms with van der Waals surface area (Å²) in [5, 5.41) is 9.09. The monoisotopic (exact) mass is 325 g/mol. The van der Waals surface area contributed by atoms with E-state index < -0.39 is 10.0 Å². The molecular weight excluding hydrogens is 306 g/mol. The molecule has 1 aromatic heterocycles. The second-order valence-corrected chi connectivity index (χ2v) is 8.00. The van der Waals surface area contributed by atoms with Crippen molar-refractivity contribution in [3.8, 4) is 0 Å². The largest absolute Gasteiger partial charge is 0.391 e. The van der Waals surface area contributed by atoms with Gasteiger partial charge in [-0.3, -0.25) is 0 Å². The van der Waals surface area contributed by atoms with Gasteiger partial charge in [-0.1, -0.05) is 29.8 Å². The quantitative estimate of drug-likeness (QED) is 0.857. The van der Waals surface area contributed by atoms with Gasteiger partial charge in [0.25, 0.3) is 0 Å². The molecule has 114 valence electrons. The van der Waals surface area contributed by atoms with Crippen LogP contribution in [0.15, 0.2) is 35.2 Å². The van der Waals surface area contributed by atoms with Crippen molar-refractivity contribution in [1.82, 2.24) is 4.72 Å². The molecule has 0 fully saturated rings. The maximum atomic E-state index is 12.3. The number of benzene rings is 1. The molecule has 0 amide bonds. The molecule has 1 heterocycles. The second-order valence-electron chi connectivity index (χ2n) is 4.93. The third kappa shape index (κ3) is 4.14. The van der Waals surface area contributed by atoms with E-state index in [2.05, 4.69) is 4.72 Å². The minimum atomic E-state index is -3.51. The lowest BCUT2D eigenvalue weighted by atomic mass is 10.1. The fourth-order valence-electron chi connectivity index (χ4n) is 2.14. The predicted molar refractivity (Wildman–Crippen MR) is 85.1 cm³/mol. The molecule has 2 rings (SSSR count). The van der Waals surface area contributed by atoms with Gasteiger partial charge < -0.3 is 5.11 Å². The van der Waals surface area contributed by atoms with E-state index in [0.717, 1.165) is 11.1 Å². The second kappa shape index (κ2) is 6.70. The number of aliphatic hydroxyl groups is 1. The van der Waals surface area contributed by atoms with Gasteiger partial charge in [0.05, 0.1) is 11.5 Å². The Bertz CT molecular complexity index is 720. The zero-order valence-corrected chi connectivity index (χ0v) is 13.7. The Labute approximate surface area is 129 Å². The van der Waals surface area contributed by atoms with Crippen molar-refractivity contribution in [3.63, 3.8) is 0 Å². The smallest absolute Gasteiger partial charge is 0.241 e. The zero-order chi connectivity index (χ0) is 15.5. The van der Waals surface area contributed by atoms with Crippen molar-refractivity contribution >= 4 is 21.4 Å². The molecule has 0 aliphatic rings. The lowest BCUT2D eigenvalue weighted by Gasteiger charge is -2.07. The Hall–Kier alpha value is -1.21. The highest BCUT2D eigenvalue weighted by molar-refractivity contribution is 7.89. The van der Waals surface area contributed by atoms with Gasteiger partial charge in [-0.15, -0.1) is 11.3 Å². The first-order valence-corrected chi connectivity index (χ1v) is 8.98. The number of sulfonamides is 1. The molecule has 0 unspecified atom stereocenters. The molecule has 0 aliphatic heterocycles. The molecule has 4 nitrogen and oxygen atoms in total. The maximum absolute atomic E-state index is 12.3. The van der Waals surface area contributed by atoms with Crippen LogP contribution in [-0.2, 0) is 23.1 Å². The first-order valence-electron chi connectivity index (χ1n) is 6.68. The van der Waals surface area contributed by atoms with Gasteiger partial charge in [0.2, 0.25) is 10.0 Å². The number of aliphatic hydroxyl groups excluding tert-OH is 1. The predicted octanol–water partition coefficient (Wildman–Crippen LogP) is 2.38. The van der Waals surface area contributed by atoms with Crippen LogP contribution < -0.4 is 4.72 Å². The number of thiophene rings is 1. The van der Waals surface area contributed by atoms with Crippen molar-refractivity contribution in [2.45, 2.75) is 31.8 Å². The van der Waals surface area contributed by atoms with Gasteiger partial charge in [-0.25, -0.2) is 13.1 Å². The molecule has 2 N–H and O–H groups in total. The minimum absolute atomic E-state index is 0.135. The van der Waals surface area contributed by atoms with E-state index in [1.165, 1.54) is 17.4 Å². The van der Waals surface area contributed by atoms with Crippen LogP contribution in [0.3, 0.4) is 0 Å². The van der Waals surface area contributed by atoms with Crippen LogP contribution in [0.25, 0.3) is 0 Å². The van der Waals surface area contributed by atoms with E-state index in [0.29, 0.717) is 22.7 Å². The highest BCUT2D eigenvalue weighted by Crippen LogP contribution is 2.25. The third-order valence-corrected chi connectivity index (χ3v) is 5.91.